The van der Waals surface area contributed by atoms with Crippen LogP contribution in [0.5, 0.6) is 0 Å². The van der Waals surface area contributed by atoms with Gasteiger partial charge in [-0.25, -0.2) is 9.38 Å². The number of aliphatic imine (C=N–C) groups is 1. The highest BCUT2D eigenvalue weighted by Crippen LogP contribution is 2.31. The Labute approximate surface area is 163 Å². The van der Waals surface area contributed by atoms with Crippen molar-refractivity contribution in [2.24, 2.45) is 10.8 Å². The molecule has 0 saturated heterocycles. The van der Waals surface area contributed by atoms with Gasteiger partial charge in [0.1, 0.15) is 18.1 Å². The van der Waals surface area contributed by atoms with Gasteiger partial charge in [0.15, 0.2) is 0 Å². The fourth-order valence-corrected chi connectivity index (χ4v) is 3.51. The molecule has 1 aliphatic rings. The minimum absolute atomic E-state index is 0.0392. The van der Waals surface area contributed by atoms with E-state index in [-0.39, 0.29) is 16.3 Å². The third kappa shape index (κ3) is 3.61. The molecule has 4 rings (SSSR count). The number of quaternary nitrogens is 1. The molecule has 2 unspecified atom stereocenters. The number of halogens is 1. The summed E-state index contributed by atoms with van der Waals surface area (Å²) >= 11 is 0. The van der Waals surface area contributed by atoms with E-state index in [0.29, 0.717) is 17.1 Å². The second-order valence-corrected chi connectivity index (χ2v) is 7.30. The average molecular weight is 379 g/mol. The highest BCUT2D eigenvalue weighted by Gasteiger charge is 2.31. The van der Waals surface area contributed by atoms with Crippen LogP contribution in [0.2, 0.25) is 0 Å². The number of nitrogens with zero attached hydrogens (tertiary/aromatic N) is 3. The van der Waals surface area contributed by atoms with Crippen LogP contribution in [0.25, 0.3) is 11.1 Å². The summed E-state index contributed by atoms with van der Waals surface area (Å²) in [5.41, 5.74) is 2.27. The van der Waals surface area contributed by atoms with Crippen molar-refractivity contribution >= 4 is 12.2 Å². The first-order valence-corrected chi connectivity index (χ1v) is 9.56. The molecular formula is C22H24FN4O+. The van der Waals surface area contributed by atoms with E-state index in [1.165, 1.54) is 0 Å². The van der Waals surface area contributed by atoms with E-state index in [1.54, 1.807) is 12.4 Å². The molecule has 0 amide bonds. The Hall–Kier alpha value is -2.83. The van der Waals surface area contributed by atoms with E-state index in [1.807, 2.05) is 55.5 Å². The first kappa shape index (κ1) is 18.5. The normalized spacial score (nSPS) is 20.7. The van der Waals surface area contributed by atoms with E-state index >= 15 is 0 Å². The maximum absolute atomic E-state index is 14.7. The Kier molecular flexibility index (Phi) is 5.07. The summed E-state index contributed by atoms with van der Waals surface area (Å²) in [7, 11) is 0. The fourth-order valence-electron chi connectivity index (χ4n) is 3.51. The molecule has 0 radical (unpaired) electrons. The van der Waals surface area contributed by atoms with Gasteiger partial charge in [-0.2, -0.15) is 10.4 Å². The summed E-state index contributed by atoms with van der Waals surface area (Å²) in [6.45, 7) is 3.48. The molecule has 5 nitrogen and oxygen atoms in total. The van der Waals surface area contributed by atoms with Gasteiger partial charge in [0.25, 0.3) is 5.82 Å². The van der Waals surface area contributed by atoms with E-state index in [9.17, 15) is 4.39 Å². The first-order valence-electron chi connectivity index (χ1n) is 9.56. The molecule has 1 aliphatic heterocycles. The van der Waals surface area contributed by atoms with Crippen LogP contribution in [-0.4, -0.2) is 24.6 Å². The lowest BCUT2D eigenvalue weighted by Crippen LogP contribution is -2.55. The minimum atomic E-state index is -0.253. The van der Waals surface area contributed by atoms with E-state index in [2.05, 4.69) is 10.1 Å². The Balaban J connectivity index is 1.59. The third-order valence-electron chi connectivity index (χ3n) is 5.30. The van der Waals surface area contributed by atoms with Crippen LogP contribution in [0.4, 0.5) is 10.2 Å². The number of aromatic nitrogens is 1. The average Bonchev–Trinajstić information content (AvgIpc) is 3.12. The predicted molar refractivity (Wildman–Crippen MR) is 109 cm³/mol. The van der Waals surface area contributed by atoms with E-state index in [0.717, 1.165) is 37.1 Å². The SMILES string of the molecule is CC(c1ccc(-c2ccccc2)c(F)c1)c1cc([N+]2(N)C=NCCCC2)no1. The molecule has 144 valence electrons. The smallest absolute Gasteiger partial charge is 0.291 e. The molecule has 0 bridgehead atoms. The maximum atomic E-state index is 14.7. The van der Waals surface area contributed by atoms with Gasteiger partial charge in [0.05, 0.1) is 6.07 Å². The van der Waals surface area contributed by atoms with E-state index < -0.39 is 0 Å². The lowest BCUT2D eigenvalue weighted by Gasteiger charge is -2.22. The van der Waals surface area contributed by atoms with Gasteiger partial charge in [-0.3, -0.25) is 0 Å². The van der Waals surface area contributed by atoms with Crippen molar-refractivity contribution < 1.29 is 8.91 Å². The van der Waals surface area contributed by atoms with Gasteiger partial charge in [-0.15, -0.1) is 0 Å². The van der Waals surface area contributed by atoms with Crippen molar-refractivity contribution in [1.82, 2.24) is 9.75 Å². The molecule has 2 atom stereocenters. The van der Waals surface area contributed by atoms with Gasteiger partial charge in [-0.1, -0.05) is 49.4 Å². The van der Waals surface area contributed by atoms with Crippen molar-refractivity contribution in [2.45, 2.75) is 25.7 Å². The highest BCUT2D eigenvalue weighted by molar-refractivity contribution is 5.70. The van der Waals surface area contributed by atoms with Gasteiger partial charge in [0.2, 0.25) is 6.34 Å². The Morgan fingerprint density at radius 1 is 1.11 bits per heavy atom. The van der Waals surface area contributed by atoms with Crippen LogP contribution in [-0.2, 0) is 0 Å². The third-order valence-corrected chi connectivity index (χ3v) is 5.30. The Morgan fingerprint density at radius 2 is 1.93 bits per heavy atom. The van der Waals surface area contributed by atoms with Gasteiger partial charge >= 0.3 is 0 Å². The van der Waals surface area contributed by atoms with Crippen LogP contribution in [0.1, 0.15) is 37.0 Å². The first-order chi connectivity index (χ1) is 13.6. The topological polar surface area (TPSA) is 64.4 Å². The summed E-state index contributed by atoms with van der Waals surface area (Å²) in [5.74, 6) is 7.33. The Morgan fingerprint density at radius 3 is 2.71 bits per heavy atom. The molecule has 0 fully saturated rings. The lowest BCUT2D eigenvalue weighted by molar-refractivity contribution is 0.348. The molecule has 0 saturated carbocycles. The van der Waals surface area contributed by atoms with Crippen LogP contribution in [0.3, 0.4) is 0 Å². The van der Waals surface area contributed by atoms with Crippen molar-refractivity contribution in [3.05, 3.63) is 71.7 Å². The molecule has 6 heteroatoms. The quantitative estimate of drug-likeness (QED) is 0.531. The summed E-state index contributed by atoms with van der Waals surface area (Å²) < 4.78 is 20.3. The summed E-state index contributed by atoms with van der Waals surface area (Å²) in [4.78, 5) is 4.35. The van der Waals surface area contributed by atoms with Crippen molar-refractivity contribution in [3.63, 3.8) is 0 Å². The largest absolute Gasteiger partial charge is 0.355 e. The molecule has 2 aromatic carbocycles. The highest BCUT2D eigenvalue weighted by atomic mass is 19.1. The zero-order chi connectivity index (χ0) is 19.6. The van der Waals surface area contributed by atoms with E-state index in [4.69, 9.17) is 10.4 Å². The fraction of sp³-hybridized carbons (Fsp3) is 0.273. The van der Waals surface area contributed by atoms with Crippen LogP contribution < -0.4 is 10.4 Å². The number of nitrogens with two attached hydrogens (primary N) is 1. The summed E-state index contributed by atoms with van der Waals surface area (Å²) in [6.07, 6.45) is 3.72. The molecular weight excluding hydrogens is 355 g/mol. The zero-order valence-electron chi connectivity index (χ0n) is 15.9. The van der Waals surface area contributed by atoms with Crippen molar-refractivity contribution in [1.29, 1.82) is 0 Å². The monoisotopic (exact) mass is 379 g/mol. The number of benzene rings is 2. The van der Waals surface area contributed by atoms with Gasteiger partial charge in [0, 0.05) is 24.4 Å². The summed E-state index contributed by atoms with van der Waals surface area (Å²) in [6, 6.07) is 16.7. The van der Waals surface area contributed by atoms with Crippen molar-refractivity contribution in [3.8, 4) is 11.1 Å². The molecule has 0 spiro atoms. The molecule has 0 aliphatic carbocycles. The molecule has 2 N–H and O–H groups in total. The lowest BCUT2D eigenvalue weighted by atomic mass is 9.95. The molecule has 3 aromatic rings. The van der Waals surface area contributed by atoms with Crippen molar-refractivity contribution in [2.75, 3.05) is 13.1 Å². The molecule has 2 heterocycles. The molecule has 28 heavy (non-hydrogen) atoms. The number of hydrogen-bond acceptors (Lipinski definition) is 4. The van der Waals surface area contributed by atoms with Crippen LogP contribution in [0, 0.1) is 5.82 Å². The maximum Gasteiger partial charge on any atom is 0.291 e. The number of rotatable bonds is 4. The van der Waals surface area contributed by atoms with Crippen LogP contribution in [0.15, 0.2) is 64.1 Å². The Bertz CT molecular complexity index is 985. The van der Waals surface area contributed by atoms with Crippen LogP contribution >= 0.6 is 0 Å². The standard InChI is InChI=1S/C22H24FN4O/c1-16(18-9-10-19(20(23)13-18)17-7-3-2-4-8-17)21-14-22(26-28-21)27(24)12-6-5-11-25-15-27/h2-4,7-10,13-16H,5-6,11-12,24H2,1H3/q+1. The second-order valence-electron chi connectivity index (χ2n) is 7.30. The minimum Gasteiger partial charge on any atom is -0.355 e. The second kappa shape index (κ2) is 7.66. The van der Waals surface area contributed by atoms with Gasteiger partial charge in [-0.05, 0) is 28.8 Å². The zero-order valence-corrected chi connectivity index (χ0v) is 15.9. The van der Waals surface area contributed by atoms with Gasteiger partial charge < -0.3 is 4.52 Å². The number of hydrogen-bond donors (Lipinski definition) is 1. The predicted octanol–water partition coefficient (Wildman–Crippen LogP) is 4.64. The summed E-state index contributed by atoms with van der Waals surface area (Å²) in [5, 5.41) is 4.17. The molecule has 1 aromatic heterocycles.